The SMILES string of the molecule is COc1ccc(C#N)cc1OCCC(=O)O. The summed E-state index contributed by atoms with van der Waals surface area (Å²) in [6.45, 7) is 0.0422. The van der Waals surface area contributed by atoms with Gasteiger partial charge in [-0.15, -0.1) is 0 Å². The molecule has 1 aromatic rings. The number of hydrogen-bond donors (Lipinski definition) is 1. The fraction of sp³-hybridized carbons (Fsp3) is 0.273. The quantitative estimate of drug-likeness (QED) is 0.813. The first-order valence-electron chi connectivity index (χ1n) is 4.60. The van der Waals surface area contributed by atoms with Gasteiger partial charge in [-0.3, -0.25) is 4.79 Å². The summed E-state index contributed by atoms with van der Waals surface area (Å²) in [6, 6.07) is 6.69. The van der Waals surface area contributed by atoms with Crippen molar-refractivity contribution in [1.29, 1.82) is 5.26 Å². The molecule has 0 amide bonds. The molecule has 1 aromatic carbocycles. The zero-order chi connectivity index (χ0) is 12.0. The number of methoxy groups -OCH3 is 1. The molecule has 1 rings (SSSR count). The summed E-state index contributed by atoms with van der Waals surface area (Å²) in [5, 5.41) is 17.2. The van der Waals surface area contributed by atoms with E-state index in [9.17, 15) is 4.79 Å². The number of hydrogen-bond acceptors (Lipinski definition) is 4. The molecule has 0 heterocycles. The van der Waals surface area contributed by atoms with Gasteiger partial charge in [0.15, 0.2) is 11.5 Å². The van der Waals surface area contributed by atoms with Crippen LogP contribution in [0.15, 0.2) is 18.2 Å². The van der Waals surface area contributed by atoms with Crippen LogP contribution in [-0.2, 0) is 4.79 Å². The Bertz CT molecular complexity index is 422. The molecule has 5 heteroatoms. The van der Waals surface area contributed by atoms with Crippen LogP contribution in [0.25, 0.3) is 0 Å². The van der Waals surface area contributed by atoms with Crippen molar-refractivity contribution in [2.24, 2.45) is 0 Å². The molecule has 0 aromatic heterocycles. The highest BCUT2D eigenvalue weighted by Gasteiger charge is 2.06. The summed E-state index contributed by atoms with van der Waals surface area (Å²) in [7, 11) is 1.48. The second-order valence-corrected chi connectivity index (χ2v) is 2.97. The number of rotatable bonds is 5. The van der Waals surface area contributed by atoms with Gasteiger partial charge in [-0.1, -0.05) is 0 Å². The lowest BCUT2D eigenvalue weighted by Crippen LogP contribution is -2.05. The van der Waals surface area contributed by atoms with Gasteiger partial charge in [0.2, 0.25) is 0 Å². The minimum atomic E-state index is -0.935. The number of nitriles is 1. The number of ether oxygens (including phenoxy) is 2. The Labute approximate surface area is 92.8 Å². The first-order valence-corrected chi connectivity index (χ1v) is 4.60. The smallest absolute Gasteiger partial charge is 0.306 e. The van der Waals surface area contributed by atoms with Crippen LogP contribution in [0.4, 0.5) is 0 Å². The summed E-state index contributed by atoms with van der Waals surface area (Å²) in [5.74, 6) is -0.0809. The first-order chi connectivity index (χ1) is 7.67. The Balaban J connectivity index is 2.76. The maximum absolute atomic E-state index is 10.3. The van der Waals surface area contributed by atoms with E-state index in [1.807, 2.05) is 6.07 Å². The Morgan fingerprint density at radius 1 is 1.50 bits per heavy atom. The standard InChI is InChI=1S/C11H11NO4/c1-15-9-3-2-8(7-12)6-10(9)16-5-4-11(13)14/h2-3,6H,4-5H2,1H3,(H,13,14). The largest absolute Gasteiger partial charge is 0.493 e. The van der Waals surface area contributed by atoms with Crippen molar-refractivity contribution >= 4 is 5.97 Å². The van der Waals surface area contributed by atoms with Crippen LogP contribution in [0, 0.1) is 11.3 Å². The van der Waals surface area contributed by atoms with Crippen LogP contribution < -0.4 is 9.47 Å². The van der Waals surface area contributed by atoms with Crippen LogP contribution in [0.3, 0.4) is 0 Å². The Morgan fingerprint density at radius 2 is 2.25 bits per heavy atom. The van der Waals surface area contributed by atoms with Crippen molar-refractivity contribution in [2.45, 2.75) is 6.42 Å². The number of nitrogens with zero attached hydrogens (tertiary/aromatic N) is 1. The first kappa shape index (κ1) is 11.9. The van der Waals surface area contributed by atoms with Gasteiger partial charge < -0.3 is 14.6 Å². The van der Waals surface area contributed by atoms with E-state index >= 15 is 0 Å². The number of carboxylic acids is 1. The number of carbonyl (C=O) groups is 1. The molecule has 0 saturated carbocycles. The molecule has 0 aliphatic carbocycles. The molecule has 0 aliphatic heterocycles. The molecule has 0 radical (unpaired) electrons. The van der Waals surface area contributed by atoms with E-state index in [0.29, 0.717) is 17.1 Å². The highest BCUT2D eigenvalue weighted by atomic mass is 16.5. The number of benzene rings is 1. The normalized spacial score (nSPS) is 9.25. The molecule has 0 fully saturated rings. The lowest BCUT2D eigenvalue weighted by molar-refractivity contribution is -0.137. The average Bonchev–Trinajstić information content (AvgIpc) is 2.28. The molecule has 0 spiro atoms. The fourth-order valence-corrected chi connectivity index (χ4v) is 1.11. The highest BCUT2D eigenvalue weighted by molar-refractivity contribution is 5.66. The van der Waals surface area contributed by atoms with E-state index in [0.717, 1.165) is 0 Å². The van der Waals surface area contributed by atoms with Crippen LogP contribution in [0.5, 0.6) is 11.5 Å². The summed E-state index contributed by atoms with van der Waals surface area (Å²) < 4.78 is 10.2. The van der Waals surface area contributed by atoms with Gasteiger partial charge in [0, 0.05) is 6.07 Å². The minimum Gasteiger partial charge on any atom is -0.493 e. The molecule has 0 unspecified atom stereocenters. The van der Waals surface area contributed by atoms with Crippen LogP contribution in [0.1, 0.15) is 12.0 Å². The maximum atomic E-state index is 10.3. The molecule has 84 valence electrons. The van der Waals surface area contributed by atoms with Gasteiger partial charge in [0.1, 0.15) is 0 Å². The molecular formula is C11H11NO4. The number of carboxylic acid groups (broad SMARTS) is 1. The van der Waals surface area contributed by atoms with Crippen molar-refractivity contribution in [3.8, 4) is 17.6 Å². The third-order valence-corrected chi connectivity index (χ3v) is 1.87. The zero-order valence-corrected chi connectivity index (χ0v) is 8.77. The van der Waals surface area contributed by atoms with Crippen molar-refractivity contribution in [1.82, 2.24) is 0 Å². The van der Waals surface area contributed by atoms with Gasteiger partial charge in [-0.05, 0) is 12.1 Å². The van der Waals surface area contributed by atoms with Gasteiger partial charge in [-0.2, -0.15) is 5.26 Å². The lowest BCUT2D eigenvalue weighted by Gasteiger charge is -2.09. The van der Waals surface area contributed by atoms with Crippen LogP contribution in [0.2, 0.25) is 0 Å². The maximum Gasteiger partial charge on any atom is 0.306 e. The third kappa shape index (κ3) is 3.17. The minimum absolute atomic E-state index is 0.0422. The van der Waals surface area contributed by atoms with E-state index in [4.69, 9.17) is 19.8 Å². The van der Waals surface area contributed by atoms with Crippen LogP contribution in [-0.4, -0.2) is 24.8 Å². The van der Waals surface area contributed by atoms with E-state index in [2.05, 4.69) is 0 Å². The summed E-state index contributed by atoms with van der Waals surface area (Å²) in [5.41, 5.74) is 0.436. The van der Waals surface area contributed by atoms with E-state index in [1.165, 1.54) is 13.2 Å². The van der Waals surface area contributed by atoms with Gasteiger partial charge in [0.05, 0.1) is 31.8 Å². The zero-order valence-electron chi connectivity index (χ0n) is 8.77. The predicted molar refractivity (Wildman–Crippen MR) is 55.5 cm³/mol. The highest BCUT2D eigenvalue weighted by Crippen LogP contribution is 2.27. The molecule has 0 atom stereocenters. The molecule has 0 saturated heterocycles. The van der Waals surface area contributed by atoms with E-state index in [1.54, 1.807) is 12.1 Å². The molecule has 1 N–H and O–H groups in total. The molecule has 0 aliphatic rings. The van der Waals surface area contributed by atoms with Crippen molar-refractivity contribution in [2.75, 3.05) is 13.7 Å². The summed E-state index contributed by atoms with van der Waals surface area (Å²) in [6.07, 6.45) is -0.0973. The molecule has 0 bridgehead atoms. The average molecular weight is 221 g/mol. The fourth-order valence-electron chi connectivity index (χ4n) is 1.11. The van der Waals surface area contributed by atoms with Crippen molar-refractivity contribution in [3.05, 3.63) is 23.8 Å². The Hall–Kier alpha value is -2.22. The Kier molecular flexibility index (Phi) is 4.16. The van der Waals surface area contributed by atoms with E-state index < -0.39 is 5.97 Å². The second kappa shape index (κ2) is 5.61. The van der Waals surface area contributed by atoms with Gasteiger partial charge in [-0.25, -0.2) is 0 Å². The van der Waals surface area contributed by atoms with E-state index in [-0.39, 0.29) is 13.0 Å². The molecule has 5 nitrogen and oxygen atoms in total. The van der Waals surface area contributed by atoms with Gasteiger partial charge in [0.25, 0.3) is 0 Å². The Morgan fingerprint density at radius 3 is 2.81 bits per heavy atom. The molecule has 16 heavy (non-hydrogen) atoms. The van der Waals surface area contributed by atoms with Crippen molar-refractivity contribution in [3.63, 3.8) is 0 Å². The topological polar surface area (TPSA) is 79.5 Å². The summed E-state index contributed by atoms with van der Waals surface area (Å²) >= 11 is 0. The second-order valence-electron chi connectivity index (χ2n) is 2.97. The number of aliphatic carboxylic acids is 1. The van der Waals surface area contributed by atoms with Crippen molar-refractivity contribution < 1.29 is 19.4 Å². The lowest BCUT2D eigenvalue weighted by atomic mass is 10.2. The predicted octanol–water partition coefficient (Wildman–Crippen LogP) is 1.42. The summed E-state index contributed by atoms with van der Waals surface area (Å²) in [4.78, 5) is 10.3. The van der Waals surface area contributed by atoms with Gasteiger partial charge >= 0.3 is 5.97 Å². The third-order valence-electron chi connectivity index (χ3n) is 1.87. The van der Waals surface area contributed by atoms with Crippen LogP contribution >= 0.6 is 0 Å². The molecular weight excluding hydrogens is 210 g/mol. The monoisotopic (exact) mass is 221 g/mol.